The monoisotopic (exact) mass is 553 g/mol. The van der Waals surface area contributed by atoms with E-state index in [1.54, 1.807) is 25.1 Å². The first-order valence-electron chi connectivity index (χ1n) is 12.8. The summed E-state index contributed by atoms with van der Waals surface area (Å²) in [5.74, 6) is -1.76. The number of rotatable bonds is 10. The lowest BCUT2D eigenvalue weighted by molar-refractivity contribution is -0.141. The number of anilines is 1. The zero-order valence-electron chi connectivity index (χ0n) is 23.0. The number of halogens is 1. The van der Waals surface area contributed by atoms with Gasteiger partial charge in [0.15, 0.2) is 0 Å². The maximum Gasteiger partial charge on any atom is 0.264 e. The van der Waals surface area contributed by atoms with Crippen LogP contribution in [0.15, 0.2) is 83.8 Å². The van der Waals surface area contributed by atoms with Crippen molar-refractivity contribution in [1.29, 1.82) is 0 Å². The maximum absolute atomic E-state index is 15.0. The van der Waals surface area contributed by atoms with Crippen molar-refractivity contribution in [3.8, 4) is 0 Å². The molecule has 0 bridgehead atoms. The van der Waals surface area contributed by atoms with Gasteiger partial charge in [0.2, 0.25) is 11.8 Å². The first-order valence-corrected chi connectivity index (χ1v) is 14.3. The minimum atomic E-state index is -4.32. The standard InChI is InChI=1S/C30H36FN3O4S/c1-6-26(29(36)32-30(3,4)5)33(20-23-15-11-10-14-22(23)2)28(35)21-34(27-19-13-12-18-25(27)31)39(37,38)24-16-8-7-9-17-24/h7-19,26H,6,20-21H2,1-5H3,(H,32,36)/t26-/m1/s1. The van der Waals surface area contributed by atoms with E-state index < -0.39 is 39.9 Å². The van der Waals surface area contributed by atoms with Gasteiger partial charge in [0.05, 0.1) is 10.6 Å². The number of sulfonamides is 1. The fourth-order valence-electron chi connectivity index (χ4n) is 4.23. The van der Waals surface area contributed by atoms with Crippen molar-refractivity contribution < 1.29 is 22.4 Å². The molecule has 3 aromatic carbocycles. The highest BCUT2D eigenvalue weighted by Crippen LogP contribution is 2.27. The highest BCUT2D eigenvalue weighted by Gasteiger charge is 2.35. The Balaban J connectivity index is 2.09. The minimum Gasteiger partial charge on any atom is -0.350 e. The number of amides is 2. The molecule has 0 aromatic heterocycles. The third-order valence-electron chi connectivity index (χ3n) is 6.22. The van der Waals surface area contributed by atoms with Crippen molar-refractivity contribution in [1.82, 2.24) is 10.2 Å². The second-order valence-corrected chi connectivity index (χ2v) is 12.2. The molecule has 208 valence electrons. The maximum atomic E-state index is 15.0. The average Bonchev–Trinajstić information content (AvgIpc) is 2.88. The number of nitrogens with zero attached hydrogens (tertiary/aromatic N) is 2. The number of nitrogens with one attached hydrogen (secondary N) is 1. The molecule has 0 saturated heterocycles. The highest BCUT2D eigenvalue weighted by molar-refractivity contribution is 7.92. The smallest absolute Gasteiger partial charge is 0.264 e. The second-order valence-electron chi connectivity index (χ2n) is 10.4. The van der Waals surface area contributed by atoms with Crippen LogP contribution in [0.5, 0.6) is 0 Å². The summed E-state index contributed by atoms with van der Waals surface area (Å²) < 4.78 is 43.2. The van der Waals surface area contributed by atoms with Crippen molar-refractivity contribution in [2.24, 2.45) is 0 Å². The zero-order valence-corrected chi connectivity index (χ0v) is 23.8. The molecule has 0 aliphatic carbocycles. The Kier molecular flexibility index (Phi) is 9.50. The van der Waals surface area contributed by atoms with Crippen LogP contribution < -0.4 is 9.62 Å². The Morgan fingerprint density at radius 2 is 1.51 bits per heavy atom. The molecule has 0 unspecified atom stereocenters. The van der Waals surface area contributed by atoms with Gasteiger partial charge in [0, 0.05) is 12.1 Å². The van der Waals surface area contributed by atoms with Crippen LogP contribution in [0.3, 0.4) is 0 Å². The number of benzene rings is 3. The summed E-state index contributed by atoms with van der Waals surface area (Å²) in [6, 6.07) is 19.6. The molecule has 0 fully saturated rings. The summed E-state index contributed by atoms with van der Waals surface area (Å²) >= 11 is 0. The van der Waals surface area contributed by atoms with E-state index in [2.05, 4.69) is 5.32 Å². The Morgan fingerprint density at radius 3 is 2.10 bits per heavy atom. The van der Waals surface area contributed by atoms with Crippen LogP contribution in [0.4, 0.5) is 10.1 Å². The SMILES string of the molecule is CC[C@H](C(=O)NC(C)(C)C)N(Cc1ccccc1C)C(=O)CN(c1ccccc1F)S(=O)(=O)c1ccccc1. The number of carbonyl (C=O) groups excluding carboxylic acids is 2. The largest absolute Gasteiger partial charge is 0.350 e. The van der Waals surface area contributed by atoms with Crippen molar-refractivity contribution >= 4 is 27.5 Å². The predicted octanol–water partition coefficient (Wildman–Crippen LogP) is 5.05. The van der Waals surface area contributed by atoms with Gasteiger partial charge in [-0.3, -0.25) is 13.9 Å². The molecule has 39 heavy (non-hydrogen) atoms. The molecule has 0 radical (unpaired) electrons. The lowest BCUT2D eigenvalue weighted by Crippen LogP contribution is -2.55. The molecule has 1 N–H and O–H groups in total. The van der Waals surface area contributed by atoms with E-state index in [1.165, 1.54) is 35.2 Å². The number of para-hydroxylation sites is 1. The van der Waals surface area contributed by atoms with E-state index in [-0.39, 0.29) is 23.0 Å². The Morgan fingerprint density at radius 1 is 0.923 bits per heavy atom. The molecule has 0 aliphatic rings. The summed E-state index contributed by atoms with van der Waals surface area (Å²) in [6.45, 7) is 8.62. The molecule has 0 spiro atoms. The van der Waals surface area contributed by atoms with Gasteiger partial charge in [-0.05, 0) is 69.5 Å². The van der Waals surface area contributed by atoms with Crippen molar-refractivity contribution in [2.45, 2.75) is 64.1 Å². The van der Waals surface area contributed by atoms with E-state index in [0.29, 0.717) is 6.42 Å². The number of hydrogen-bond acceptors (Lipinski definition) is 4. The van der Waals surface area contributed by atoms with E-state index in [0.717, 1.165) is 21.5 Å². The minimum absolute atomic E-state index is 0.0796. The molecule has 0 heterocycles. The third kappa shape index (κ3) is 7.44. The van der Waals surface area contributed by atoms with Gasteiger partial charge < -0.3 is 10.2 Å². The van der Waals surface area contributed by atoms with Crippen LogP contribution in [-0.2, 0) is 26.2 Å². The second kappa shape index (κ2) is 12.4. The quantitative estimate of drug-likeness (QED) is 0.381. The summed E-state index contributed by atoms with van der Waals surface area (Å²) in [4.78, 5) is 28.7. The van der Waals surface area contributed by atoms with Gasteiger partial charge in [-0.1, -0.05) is 61.5 Å². The Bertz CT molecular complexity index is 1400. The molecule has 0 aliphatic heterocycles. The van der Waals surface area contributed by atoms with E-state index in [4.69, 9.17) is 0 Å². The lowest BCUT2D eigenvalue weighted by atomic mass is 10.0. The number of aryl methyl sites for hydroxylation is 1. The molecule has 3 aromatic rings. The molecule has 7 nitrogen and oxygen atoms in total. The first-order chi connectivity index (χ1) is 18.3. The predicted molar refractivity (Wildman–Crippen MR) is 151 cm³/mol. The number of hydrogen-bond donors (Lipinski definition) is 1. The molecule has 0 saturated carbocycles. The van der Waals surface area contributed by atoms with Crippen molar-refractivity contribution in [2.75, 3.05) is 10.8 Å². The fourth-order valence-corrected chi connectivity index (χ4v) is 5.67. The lowest BCUT2D eigenvalue weighted by Gasteiger charge is -2.35. The van der Waals surface area contributed by atoms with Crippen LogP contribution in [0.1, 0.15) is 45.2 Å². The molecule has 9 heteroatoms. The topological polar surface area (TPSA) is 86.8 Å². The van der Waals surface area contributed by atoms with Crippen molar-refractivity contribution in [3.63, 3.8) is 0 Å². The van der Waals surface area contributed by atoms with Gasteiger partial charge in [-0.2, -0.15) is 0 Å². The summed E-state index contributed by atoms with van der Waals surface area (Å²) in [5.41, 5.74) is 0.941. The number of carbonyl (C=O) groups is 2. The summed E-state index contributed by atoms with van der Waals surface area (Å²) in [6.07, 6.45) is 0.296. The van der Waals surface area contributed by atoms with Gasteiger partial charge in [0.25, 0.3) is 10.0 Å². The van der Waals surface area contributed by atoms with Crippen molar-refractivity contribution in [3.05, 3.63) is 95.8 Å². The van der Waals surface area contributed by atoms with Crippen LogP contribution >= 0.6 is 0 Å². The normalized spacial score (nSPS) is 12.5. The van der Waals surface area contributed by atoms with Gasteiger partial charge >= 0.3 is 0 Å². The molecular weight excluding hydrogens is 517 g/mol. The highest BCUT2D eigenvalue weighted by atomic mass is 32.2. The van der Waals surface area contributed by atoms with E-state index in [1.807, 2.05) is 52.0 Å². The molecule has 3 rings (SSSR count). The fraction of sp³-hybridized carbons (Fsp3) is 0.333. The van der Waals surface area contributed by atoms with Gasteiger partial charge in [-0.25, -0.2) is 12.8 Å². The van der Waals surface area contributed by atoms with Crippen LogP contribution in [0, 0.1) is 12.7 Å². The molecule has 1 atom stereocenters. The Hall–Kier alpha value is -3.72. The van der Waals surface area contributed by atoms with Crippen LogP contribution in [0.25, 0.3) is 0 Å². The van der Waals surface area contributed by atoms with Crippen LogP contribution in [-0.4, -0.2) is 43.3 Å². The van der Waals surface area contributed by atoms with Gasteiger partial charge in [-0.15, -0.1) is 0 Å². The van der Waals surface area contributed by atoms with Crippen LogP contribution in [0.2, 0.25) is 0 Å². The van der Waals surface area contributed by atoms with Gasteiger partial charge in [0.1, 0.15) is 18.4 Å². The zero-order chi connectivity index (χ0) is 28.8. The first kappa shape index (κ1) is 29.8. The summed E-state index contributed by atoms with van der Waals surface area (Å²) in [5, 5.41) is 2.93. The van der Waals surface area contributed by atoms with E-state index in [9.17, 15) is 22.4 Å². The third-order valence-corrected chi connectivity index (χ3v) is 7.99. The molecule has 2 amide bonds. The Labute approximate surface area is 230 Å². The average molecular weight is 554 g/mol. The summed E-state index contributed by atoms with van der Waals surface area (Å²) in [7, 11) is -4.32. The van der Waals surface area contributed by atoms with E-state index >= 15 is 0 Å². The molecular formula is C30H36FN3O4S.